The molecule has 0 aliphatic rings. The molecule has 1 atom stereocenters. The fourth-order valence-electron chi connectivity index (χ4n) is 1.81. The molecule has 0 bridgehead atoms. The monoisotopic (exact) mass is 307 g/mol. The van der Waals surface area contributed by atoms with Gasteiger partial charge in [-0.2, -0.15) is 10.2 Å². The first kappa shape index (κ1) is 13.1. The van der Waals surface area contributed by atoms with Gasteiger partial charge >= 0.3 is 0 Å². The molecule has 0 spiro atoms. The maximum Gasteiger partial charge on any atom is 0.0849 e. The summed E-state index contributed by atoms with van der Waals surface area (Å²) in [7, 11) is 0. The Morgan fingerprint density at radius 2 is 2.00 bits per heavy atom. The number of halogens is 1. The summed E-state index contributed by atoms with van der Waals surface area (Å²) in [4.78, 5) is 4.08. The Labute approximate surface area is 114 Å². The van der Waals surface area contributed by atoms with Crippen molar-refractivity contribution in [2.45, 2.75) is 26.4 Å². The molecule has 0 amide bonds. The van der Waals surface area contributed by atoms with Crippen LogP contribution in [0.25, 0.3) is 0 Å². The highest BCUT2D eigenvalue weighted by molar-refractivity contribution is 9.10. The number of hydrogen-bond acceptors (Lipinski definition) is 4. The Balaban J connectivity index is 2.21. The molecule has 0 saturated heterocycles. The van der Waals surface area contributed by atoms with Gasteiger partial charge in [0.1, 0.15) is 0 Å². The summed E-state index contributed by atoms with van der Waals surface area (Å²) in [5.74, 6) is 0. The van der Waals surface area contributed by atoms with E-state index in [4.69, 9.17) is 0 Å². The summed E-state index contributed by atoms with van der Waals surface area (Å²) in [5.41, 5.74) is 3.37. The summed E-state index contributed by atoms with van der Waals surface area (Å²) < 4.78 is 0.910. The normalized spacial score (nSPS) is 12.4. The summed E-state index contributed by atoms with van der Waals surface area (Å²) in [6.45, 7) is 3.72. The maximum atomic E-state index is 10.3. The van der Waals surface area contributed by atoms with Crippen molar-refractivity contribution in [2.75, 3.05) is 0 Å². The van der Waals surface area contributed by atoms with Gasteiger partial charge in [0.05, 0.1) is 17.5 Å². The van der Waals surface area contributed by atoms with E-state index in [-0.39, 0.29) is 0 Å². The Morgan fingerprint density at radius 1 is 1.22 bits per heavy atom. The molecule has 1 unspecified atom stereocenters. The third-order valence-corrected chi connectivity index (χ3v) is 3.12. The first-order chi connectivity index (χ1) is 8.56. The third-order valence-electron chi connectivity index (χ3n) is 2.69. The molecule has 2 heterocycles. The van der Waals surface area contributed by atoms with Gasteiger partial charge in [-0.25, -0.2) is 0 Å². The van der Waals surface area contributed by atoms with Crippen LogP contribution >= 0.6 is 15.9 Å². The summed E-state index contributed by atoms with van der Waals surface area (Å²) in [6, 6.07) is 3.82. The Morgan fingerprint density at radius 3 is 2.72 bits per heavy atom. The lowest BCUT2D eigenvalue weighted by Gasteiger charge is -2.13. The largest absolute Gasteiger partial charge is 0.388 e. The smallest absolute Gasteiger partial charge is 0.0849 e. The molecule has 0 fully saturated rings. The van der Waals surface area contributed by atoms with Crippen LogP contribution in [0.3, 0.4) is 0 Å². The quantitative estimate of drug-likeness (QED) is 0.946. The zero-order chi connectivity index (χ0) is 13.1. The first-order valence-electron chi connectivity index (χ1n) is 5.64. The average molecular weight is 308 g/mol. The van der Waals surface area contributed by atoms with Crippen molar-refractivity contribution in [3.8, 4) is 0 Å². The minimum Gasteiger partial charge on any atom is -0.388 e. The van der Waals surface area contributed by atoms with Crippen LogP contribution in [0.4, 0.5) is 0 Å². The van der Waals surface area contributed by atoms with Crippen molar-refractivity contribution in [2.24, 2.45) is 0 Å². The Kier molecular flexibility index (Phi) is 4.04. The van der Waals surface area contributed by atoms with Crippen LogP contribution in [0.1, 0.15) is 28.6 Å². The minimum absolute atomic E-state index is 0.512. The Hall–Kier alpha value is -1.33. The van der Waals surface area contributed by atoms with Crippen LogP contribution in [0.2, 0.25) is 0 Å². The third kappa shape index (κ3) is 3.11. The van der Waals surface area contributed by atoms with E-state index in [2.05, 4.69) is 31.1 Å². The predicted octanol–water partition coefficient (Wildman–Crippen LogP) is 2.53. The number of hydrogen-bond donors (Lipinski definition) is 1. The van der Waals surface area contributed by atoms with Crippen molar-refractivity contribution in [1.82, 2.24) is 15.2 Å². The van der Waals surface area contributed by atoms with E-state index in [9.17, 15) is 5.11 Å². The second-order valence-electron chi connectivity index (χ2n) is 4.26. The van der Waals surface area contributed by atoms with Gasteiger partial charge in [-0.1, -0.05) is 0 Å². The van der Waals surface area contributed by atoms with E-state index < -0.39 is 6.10 Å². The van der Waals surface area contributed by atoms with Gasteiger partial charge in [0.2, 0.25) is 0 Å². The molecule has 0 aromatic carbocycles. The molecule has 0 saturated carbocycles. The second-order valence-corrected chi connectivity index (χ2v) is 5.17. The summed E-state index contributed by atoms with van der Waals surface area (Å²) in [6.07, 6.45) is 3.40. The molecule has 5 heteroatoms. The van der Waals surface area contributed by atoms with Crippen molar-refractivity contribution >= 4 is 15.9 Å². The molecular weight excluding hydrogens is 294 g/mol. The molecule has 4 nitrogen and oxygen atoms in total. The van der Waals surface area contributed by atoms with Crippen LogP contribution in [0.5, 0.6) is 0 Å². The highest BCUT2D eigenvalue weighted by Gasteiger charge is 2.13. The van der Waals surface area contributed by atoms with Gasteiger partial charge < -0.3 is 5.11 Å². The fourth-order valence-corrected chi connectivity index (χ4v) is 2.22. The number of aliphatic hydroxyl groups is 1. The minimum atomic E-state index is -0.588. The van der Waals surface area contributed by atoms with Crippen LogP contribution in [0, 0.1) is 13.8 Å². The molecule has 2 aromatic rings. The number of nitrogens with zero attached hydrogens (tertiary/aromatic N) is 3. The van der Waals surface area contributed by atoms with Gasteiger partial charge in [0, 0.05) is 28.9 Å². The number of rotatable bonds is 3. The number of aromatic nitrogens is 3. The van der Waals surface area contributed by atoms with Crippen LogP contribution in [-0.4, -0.2) is 20.3 Å². The lowest BCUT2D eigenvalue weighted by Crippen LogP contribution is -2.07. The molecule has 2 rings (SSSR count). The molecule has 0 aliphatic heterocycles. The topological polar surface area (TPSA) is 58.9 Å². The lowest BCUT2D eigenvalue weighted by atomic mass is 10.0. The maximum absolute atomic E-state index is 10.3. The van der Waals surface area contributed by atoms with Crippen molar-refractivity contribution in [3.63, 3.8) is 0 Å². The number of aryl methyl sites for hydroxylation is 2. The zero-order valence-corrected chi connectivity index (χ0v) is 11.8. The van der Waals surface area contributed by atoms with Gasteiger partial charge in [-0.05, 0) is 47.5 Å². The molecular formula is C13H14BrN3O. The van der Waals surface area contributed by atoms with Crippen molar-refractivity contribution < 1.29 is 5.11 Å². The first-order valence-corrected chi connectivity index (χ1v) is 6.44. The van der Waals surface area contributed by atoms with E-state index in [0.717, 1.165) is 27.0 Å². The average Bonchev–Trinajstić information content (AvgIpc) is 2.32. The molecule has 0 aliphatic carbocycles. The van der Waals surface area contributed by atoms with Crippen molar-refractivity contribution in [1.29, 1.82) is 0 Å². The lowest BCUT2D eigenvalue weighted by molar-refractivity contribution is 0.176. The van der Waals surface area contributed by atoms with E-state index in [1.54, 1.807) is 12.4 Å². The van der Waals surface area contributed by atoms with E-state index in [0.29, 0.717) is 6.42 Å². The summed E-state index contributed by atoms with van der Waals surface area (Å²) >= 11 is 3.37. The van der Waals surface area contributed by atoms with Crippen molar-refractivity contribution in [3.05, 3.63) is 51.5 Å². The molecule has 0 radical (unpaired) electrons. The van der Waals surface area contributed by atoms with Crippen LogP contribution < -0.4 is 0 Å². The second kappa shape index (κ2) is 5.54. The van der Waals surface area contributed by atoms with Crippen LogP contribution in [-0.2, 0) is 6.42 Å². The van der Waals surface area contributed by atoms with Gasteiger partial charge in [-0.3, -0.25) is 4.98 Å². The highest BCUT2D eigenvalue weighted by atomic mass is 79.9. The molecule has 2 aromatic heterocycles. The zero-order valence-electron chi connectivity index (χ0n) is 10.3. The fraction of sp³-hybridized carbons (Fsp3) is 0.308. The van der Waals surface area contributed by atoms with Gasteiger partial charge in [-0.15, -0.1) is 0 Å². The predicted molar refractivity (Wildman–Crippen MR) is 72.1 cm³/mol. The number of pyridine rings is 1. The molecule has 18 heavy (non-hydrogen) atoms. The highest BCUT2D eigenvalue weighted by Crippen LogP contribution is 2.21. The SMILES string of the molecule is Cc1cc(C(O)Cc2cncc(Br)c2)c(C)nn1. The molecule has 1 N–H and O–H groups in total. The van der Waals surface area contributed by atoms with Gasteiger partial charge in [0.25, 0.3) is 0 Å². The van der Waals surface area contributed by atoms with E-state index >= 15 is 0 Å². The van der Waals surface area contributed by atoms with E-state index in [1.807, 2.05) is 26.0 Å². The van der Waals surface area contributed by atoms with Gasteiger partial charge in [0.15, 0.2) is 0 Å². The standard InChI is InChI=1S/C13H14BrN3O/c1-8-3-12(9(2)17-16-8)13(18)5-10-4-11(14)7-15-6-10/h3-4,6-7,13,18H,5H2,1-2H3. The number of aliphatic hydroxyl groups excluding tert-OH is 1. The van der Waals surface area contributed by atoms with Crippen LogP contribution in [0.15, 0.2) is 29.0 Å². The summed E-state index contributed by atoms with van der Waals surface area (Å²) in [5, 5.41) is 18.2. The van der Waals surface area contributed by atoms with E-state index in [1.165, 1.54) is 0 Å². The molecule has 94 valence electrons. The Bertz CT molecular complexity index is 560.